The highest BCUT2D eigenvalue weighted by atomic mass is 16.4. The standard InChI is InChI=1S/C23H34N4O4/c24-13-5-4-10-18(23(30)31)25-21(28)19-11-7-15-27(19)22(29)20-12-6-14-26(20)16-17-8-2-1-3-9-17/h1-3,8-9,18-20H,4-7,10-16,24H2,(H,25,28)(H,30,31)/t18-,19-,20-/m0/s1. The third-order valence-electron chi connectivity index (χ3n) is 6.28. The van der Waals surface area contributed by atoms with Crippen LogP contribution in [0, 0.1) is 0 Å². The maximum absolute atomic E-state index is 13.4. The first-order chi connectivity index (χ1) is 15.0. The Morgan fingerprint density at radius 2 is 1.77 bits per heavy atom. The van der Waals surface area contributed by atoms with Crippen molar-refractivity contribution in [3.8, 4) is 0 Å². The Labute approximate surface area is 183 Å². The number of amides is 2. The van der Waals surface area contributed by atoms with Crippen LogP contribution in [0.3, 0.4) is 0 Å². The van der Waals surface area contributed by atoms with Crippen LogP contribution in [0.1, 0.15) is 50.5 Å². The van der Waals surface area contributed by atoms with Crippen LogP contribution >= 0.6 is 0 Å². The van der Waals surface area contributed by atoms with Crippen molar-refractivity contribution in [2.24, 2.45) is 5.73 Å². The molecule has 2 aliphatic heterocycles. The largest absolute Gasteiger partial charge is 0.480 e. The SMILES string of the molecule is NCCCC[C@H](NC(=O)[C@@H]1CCCN1C(=O)[C@@H]1CCCN1Cc1ccccc1)C(=O)O. The van der Waals surface area contributed by atoms with Crippen LogP contribution in [0.15, 0.2) is 30.3 Å². The van der Waals surface area contributed by atoms with Crippen LogP contribution in [-0.2, 0) is 20.9 Å². The molecule has 170 valence electrons. The summed E-state index contributed by atoms with van der Waals surface area (Å²) in [6.07, 6.45) is 4.75. The van der Waals surface area contributed by atoms with Gasteiger partial charge in [0.05, 0.1) is 6.04 Å². The van der Waals surface area contributed by atoms with Crippen LogP contribution in [0.25, 0.3) is 0 Å². The molecule has 0 bridgehead atoms. The molecule has 0 radical (unpaired) electrons. The fourth-order valence-corrected chi connectivity index (χ4v) is 4.63. The molecule has 0 saturated carbocycles. The van der Waals surface area contributed by atoms with Crippen LogP contribution in [0.5, 0.6) is 0 Å². The zero-order chi connectivity index (χ0) is 22.2. The van der Waals surface area contributed by atoms with E-state index in [2.05, 4.69) is 22.3 Å². The Morgan fingerprint density at radius 3 is 2.48 bits per heavy atom. The minimum absolute atomic E-state index is 0.0129. The summed E-state index contributed by atoms with van der Waals surface area (Å²) < 4.78 is 0. The number of nitrogens with zero attached hydrogens (tertiary/aromatic N) is 2. The second-order valence-corrected chi connectivity index (χ2v) is 8.49. The summed E-state index contributed by atoms with van der Waals surface area (Å²) in [7, 11) is 0. The first-order valence-electron chi connectivity index (χ1n) is 11.3. The molecule has 3 rings (SSSR count). The maximum atomic E-state index is 13.4. The number of hydrogen-bond donors (Lipinski definition) is 3. The summed E-state index contributed by atoms with van der Waals surface area (Å²) in [6.45, 7) is 2.60. The van der Waals surface area contributed by atoms with Crippen molar-refractivity contribution >= 4 is 17.8 Å². The molecule has 3 atom stereocenters. The number of unbranched alkanes of at least 4 members (excludes halogenated alkanes) is 1. The first kappa shape index (κ1) is 23.2. The molecule has 1 aromatic carbocycles. The maximum Gasteiger partial charge on any atom is 0.326 e. The van der Waals surface area contributed by atoms with Gasteiger partial charge in [-0.1, -0.05) is 30.3 Å². The van der Waals surface area contributed by atoms with Gasteiger partial charge in [0.2, 0.25) is 11.8 Å². The summed E-state index contributed by atoms with van der Waals surface area (Å²) in [6, 6.07) is 8.31. The van der Waals surface area contributed by atoms with Crippen LogP contribution in [-0.4, -0.2) is 70.4 Å². The van der Waals surface area contributed by atoms with Crippen molar-refractivity contribution in [3.05, 3.63) is 35.9 Å². The smallest absolute Gasteiger partial charge is 0.326 e. The van der Waals surface area contributed by atoms with Crippen molar-refractivity contribution in [1.29, 1.82) is 0 Å². The molecule has 31 heavy (non-hydrogen) atoms. The predicted octanol–water partition coefficient (Wildman–Crippen LogP) is 1.34. The third-order valence-corrected chi connectivity index (χ3v) is 6.28. The molecule has 2 amide bonds. The predicted molar refractivity (Wildman–Crippen MR) is 117 cm³/mol. The normalized spacial score (nSPS) is 22.4. The number of nitrogens with one attached hydrogen (secondary N) is 1. The number of rotatable bonds is 10. The second-order valence-electron chi connectivity index (χ2n) is 8.49. The molecular formula is C23H34N4O4. The monoisotopic (exact) mass is 430 g/mol. The second kappa shape index (κ2) is 11.2. The van der Waals surface area contributed by atoms with Gasteiger partial charge in [0.15, 0.2) is 0 Å². The van der Waals surface area contributed by atoms with Crippen molar-refractivity contribution in [2.45, 2.75) is 69.6 Å². The highest BCUT2D eigenvalue weighted by Crippen LogP contribution is 2.26. The van der Waals surface area contributed by atoms with E-state index >= 15 is 0 Å². The lowest BCUT2D eigenvalue weighted by molar-refractivity contribution is -0.145. The van der Waals surface area contributed by atoms with Crippen molar-refractivity contribution in [1.82, 2.24) is 15.1 Å². The van der Waals surface area contributed by atoms with Gasteiger partial charge in [-0.15, -0.1) is 0 Å². The Hall–Kier alpha value is -2.45. The third kappa shape index (κ3) is 6.04. The van der Waals surface area contributed by atoms with Crippen LogP contribution in [0.2, 0.25) is 0 Å². The molecular weight excluding hydrogens is 396 g/mol. The summed E-state index contributed by atoms with van der Waals surface area (Å²) >= 11 is 0. The number of benzene rings is 1. The van der Waals surface area contributed by atoms with E-state index in [4.69, 9.17) is 5.73 Å². The first-order valence-corrected chi connectivity index (χ1v) is 11.3. The van der Waals surface area contributed by atoms with Gasteiger partial charge in [-0.25, -0.2) is 4.79 Å². The lowest BCUT2D eigenvalue weighted by atomic mass is 10.1. The van der Waals surface area contributed by atoms with Crippen molar-refractivity contribution in [2.75, 3.05) is 19.6 Å². The molecule has 4 N–H and O–H groups in total. The van der Waals surface area contributed by atoms with E-state index < -0.39 is 18.1 Å². The number of aliphatic carboxylic acids is 1. The minimum atomic E-state index is -1.05. The number of carbonyl (C=O) groups excluding carboxylic acids is 2. The average Bonchev–Trinajstić information content (AvgIpc) is 3.43. The van der Waals surface area contributed by atoms with Gasteiger partial charge in [-0.3, -0.25) is 14.5 Å². The summed E-state index contributed by atoms with van der Waals surface area (Å²) in [4.78, 5) is 41.7. The van der Waals surface area contributed by atoms with Crippen LogP contribution < -0.4 is 11.1 Å². The van der Waals surface area contributed by atoms with E-state index in [0.29, 0.717) is 45.3 Å². The summed E-state index contributed by atoms with van der Waals surface area (Å²) in [5.74, 6) is -1.43. The van der Waals surface area contributed by atoms with E-state index in [1.165, 1.54) is 5.56 Å². The van der Waals surface area contributed by atoms with Gasteiger partial charge >= 0.3 is 5.97 Å². The highest BCUT2D eigenvalue weighted by molar-refractivity contribution is 5.92. The summed E-state index contributed by atoms with van der Waals surface area (Å²) in [5, 5.41) is 12.1. The number of hydrogen-bond acceptors (Lipinski definition) is 5. The quantitative estimate of drug-likeness (QED) is 0.483. The molecule has 8 nitrogen and oxygen atoms in total. The molecule has 0 aromatic heterocycles. The van der Waals surface area contributed by atoms with E-state index in [9.17, 15) is 19.5 Å². The zero-order valence-electron chi connectivity index (χ0n) is 18.0. The fourth-order valence-electron chi connectivity index (χ4n) is 4.63. The average molecular weight is 431 g/mol. The van der Waals surface area contributed by atoms with Gasteiger partial charge in [0.1, 0.15) is 12.1 Å². The molecule has 0 unspecified atom stereocenters. The number of carbonyl (C=O) groups is 3. The molecule has 0 spiro atoms. The van der Waals surface area contributed by atoms with E-state index in [1.54, 1.807) is 4.90 Å². The molecule has 1 aromatic rings. The van der Waals surface area contributed by atoms with Crippen LogP contribution in [0.4, 0.5) is 0 Å². The number of carboxylic acids is 1. The molecule has 8 heteroatoms. The number of carboxylic acid groups (broad SMARTS) is 1. The number of nitrogens with two attached hydrogens (primary N) is 1. The van der Waals surface area contributed by atoms with Gasteiger partial charge in [-0.05, 0) is 63.6 Å². The summed E-state index contributed by atoms with van der Waals surface area (Å²) in [5.41, 5.74) is 6.65. The zero-order valence-corrected chi connectivity index (χ0v) is 18.0. The van der Waals surface area contributed by atoms with E-state index in [0.717, 1.165) is 25.8 Å². The Kier molecular flexibility index (Phi) is 8.43. The van der Waals surface area contributed by atoms with Crippen molar-refractivity contribution < 1.29 is 19.5 Å². The molecule has 2 saturated heterocycles. The molecule has 2 fully saturated rings. The van der Waals surface area contributed by atoms with Gasteiger partial charge in [-0.2, -0.15) is 0 Å². The van der Waals surface area contributed by atoms with Crippen molar-refractivity contribution in [3.63, 3.8) is 0 Å². The van der Waals surface area contributed by atoms with E-state index in [1.807, 2.05) is 18.2 Å². The topological polar surface area (TPSA) is 116 Å². The Bertz CT molecular complexity index is 757. The van der Waals surface area contributed by atoms with Gasteiger partial charge in [0, 0.05) is 13.1 Å². The molecule has 2 heterocycles. The Morgan fingerprint density at radius 1 is 1.06 bits per heavy atom. The minimum Gasteiger partial charge on any atom is -0.480 e. The molecule has 2 aliphatic rings. The fraction of sp³-hybridized carbons (Fsp3) is 0.609. The lowest BCUT2D eigenvalue weighted by Gasteiger charge is -2.31. The number of likely N-dealkylation sites (tertiary alicyclic amines) is 2. The highest BCUT2D eigenvalue weighted by Gasteiger charge is 2.41. The van der Waals surface area contributed by atoms with Gasteiger partial charge in [0.25, 0.3) is 0 Å². The Balaban J connectivity index is 1.62. The lowest BCUT2D eigenvalue weighted by Crippen LogP contribution is -2.54. The van der Waals surface area contributed by atoms with Gasteiger partial charge < -0.3 is 21.1 Å². The molecule has 0 aliphatic carbocycles. The van der Waals surface area contributed by atoms with E-state index in [-0.39, 0.29) is 17.9 Å².